The van der Waals surface area contributed by atoms with Gasteiger partial charge in [-0.15, -0.1) is 0 Å². The van der Waals surface area contributed by atoms with Gasteiger partial charge in [-0.25, -0.2) is 0 Å². The van der Waals surface area contributed by atoms with Crippen molar-refractivity contribution in [2.24, 2.45) is 0 Å². The highest BCUT2D eigenvalue weighted by Crippen LogP contribution is 2.41. The molecule has 1 aliphatic carbocycles. The fraction of sp³-hybridized carbons (Fsp3) is 0.375. The van der Waals surface area contributed by atoms with Crippen LogP contribution in [0.5, 0.6) is 0 Å². The number of rotatable bonds is 6. The van der Waals surface area contributed by atoms with Gasteiger partial charge in [-0.1, -0.05) is 24.3 Å². The van der Waals surface area contributed by atoms with Gasteiger partial charge in [0.1, 0.15) is 0 Å². The van der Waals surface area contributed by atoms with Crippen LogP contribution in [0.2, 0.25) is 0 Å². The fourth-order valence-corrected chi connectivity index (χ4v) is 3.12. The number of benzene rings is 1. The average Bonchev–Trinajstić information content (AvgIpc) is 3.13. The molecule has 3 rings (SSSR count). The van der Waals surface area contributed by atoms with E-state index in [0.29, 0.717) is 6.54 Å². The molecule has 2 N–H and O–H groups in total. The molecule has 0 radical (unpaired) electrons. The quantitative estimate of drug-likeness (QED) is 0.845. The highest BCUT2D eigenvalue weighted by molar-refractivity contribution is 7.07. The molecule has 3 heteroatoms. The van der Waals surface area contributed by atoms with Crippen molar-refractivity contribution >= 4 is 11.3 Å². The van der Waals surface area contributed by atoms with Crippen LogP contribution in [0.4, 0.5) is 0 Å². The summed E-state index contributed by atoms with van der Waals surface area (Å²) in [6.07, 6.45) is 2.25. The molecule has 19 heavy (non-hydrogen) atoms. The van der Waals surface area contributed by atoms with Gasteiger partial charge in [0, 0.05) is 13.1 Å². The smallest absolute Gasteiger partial charge is 0.0922 e. The molecule has 0 aliphatic heterocycles. The Hall–Kier alpha value is -1.16. The Morgan fingerprint density at radius 3 is 2.84 bits per heavy atom. The first-order valence-corrected chi connectivity index (χ1v) is 7.77. The van der Waals surface area contributed by atoms with E-state index in [1.54, 1.807) is 11.3 Å². The number of aliphatic hydroxyl groups is 1. The predicted octanol–water partition coefficient (Wildman–Crippen LogP) is 3.45. The lowest BCUT2D eigenvalue weighted by atomic mass is 10.0. The molecule has 0 spiro atoms. The third kappa shape index (κ3) is 3.24. The van der Waals surface area contributed by atoms with E-state index in [4.69, 9.17) is 0 Å². The summed E-state index contributed by atoms with van der Waals surface area (Å²) in [5.41, 5.74) is 3.87. The summed E-state index contributed by atoms with van der Waals surface area (Å²) in [5, 5.41) is 17.4. The first-order chi connectivity index (χ1) is 9.34. The van der Waals surface area contributed by atoms with E-state index in [2.05, 4.69) is 29.6 Å². The van der Waals surface area contributed by atoms with Gasteiger partial charge in [-0.3, -0.25) is 0 Å². The Kier molecular flexibility index (Phi) is 3.97. The molecule has 2 nitrogen and oxygen atoms in total. The Morgan fingerprint density at radius 1 is 1.26 bits per heavy atom. The van der Waals surface area contributed by atoms with Gasteiger partial charge in [-0.05, 0) is 52.3 Å². The summed E-state index contributed by atoms with van der Waals surface area (Å²) in [6, 6.07) is 10.6. The van der Waals surface area contributed by atoms with Crippen molar-refractivity contribution < 1.29 is 5.11 Å². The van der Waals surface area contributed by atoms with E-state index >= 15 is 0 Å². The predicted molar refractivity (Wildman–Crippen MR) is 79.4 cm³/mol. The second kappa shape index (κ2) is 5.87. The van der Waals surface area contributed by atoms with E-state index in [9.17, 15) is 5.11 Å². The number of thiophene rings is 1. The topological polar surface area (TPSA) is 32.3 Å². The van der Waals surface area contributed by atoms with Crippen molar-refractivity contribution in [1.29, 1.82) is 0 Å². The monoisotopic (exact) mass is 273 g/mol. The Balaban J connectivity index is 1.55. The van der Waals surface area contributed by atoms with E-state index in [-0.39, 0.29) is 0 Å². The minimum absolute atomic E-state index is 0.403. The van der Waals surface area contributed by atoms with Crippen LogP contribution in [-0.4, -0.2) is 11.7 Å². The average molecular weight is 273 g/mol. The Labute approximate surface area is 118 Å². The van der Waals surface area contributed by atoms with Crippen molar-refractivity contribution in [1.82, 2.24) is 5.32 Å². The fourth-order valence-electron chi connectivity index (χ4n) is 2.41. The Bertz CT molecular complexity index is 519. The van der Waals surface area contributed by atoms with Crippen LogP contribution in [0, 0.1) is 0 Å². The van der Waals surface area contributed by atoms with E-state index in [1.807, 2.05) is 16.8 Å². The van der Waals surface area contributed by atoms with Crippen molar-refractivity contribution in [2.45, 2.75) is 31.4 Å². The second-order valence-electron chi connectivity index (χ2n) is 5.18. The van der Waals surface area contributed by atoms with Gasteiger partial charge in [0.05, 0.1) is 6.10 Å². The first kappa shape index (κ1) is 12.9. The molecule has 1 saturated carbocycles. The maximum absolute atomic E-state index is 10.0. The highest BCUT2D eigenvalue weighted by Gasteiger charge is 2.25. The number of hydrogen-bond acceptors (Lipinski definition) is 3. The van der Waals surface area contributed by atoms with Crippen molar-refractivity contribution in [3.8, 4) is 0 Å². The summed E-state index contributed by atoms with van der Waals surface area (Å²) >= 11 is 1.62. The maximum atomic E-state index is 10.0. The van der Waals surface area contributed by atoms with Gasteiger partial charge in [0.2, 0.25) is 0 Å². The highest BCUT2D eigenvalue weighted by atomic mass is 32.1. The van der Waals surface area contributed by atoms with Crippen LogP contribution in [0.1, 0.15) is 41.6 Å². The van der Waals surface area contributed by atoms with Gasteiger partial charge >= 0.3 is 0 Å². The summed E-state index contributed by atoms with van der Waals surface area (Å²) in [7, 11) is 0. The molecule has 1 aromatic heterocycles. The van der Waals surface area contributed by atoms with E-state index in [1.165, 1.54) is 24.0 Å². The van der Waals surface area contributed by atoms with Crippen LogP contribution in [0.25, 0.3) is 0 Å². The van der Waals surface area contributed by atoms with Crippen LogP contribution >= 0.6 is 11.3 Å². The second-order valence-corrected chi connectivity index (χ2v) is 5.96. The molecule has 0 bridgehead atoms. The molecule has 1 heterocycles. The standard InChI is InChI=1S/C16H19NOS/c18-16(14-7-8-19-11-14)10-17-9-13-3-1-2-4-15(13)12-5-6-12/h1-4,7-8,11-12,16-18H,5-6,9-10H2. The lowest BCUT2D eigenvalue weighted by Crippen LogP contribution is -2.21. The molecule has 100 valence electrons. The van der Waals surface area contributed by atoms with Crippen LogP contribution in [0.15, 0.2) is 41.1 Å². The molecule has 1 fully saturated rings. The molecule has 0 saturated heterocycles. The molecule has 1 aromatic carbocycles. The van der Waals surface area contributed by atoms with Crippen LogP contribution in [0.3, 0.4) is 0 Å². The van der Waals surface area contributed by atoms with Crippen LogP contribution < -0.4 is 5.32 Å². The molecule has 0 amide bonds. The van der Waals surface area contributed by atoms with Gasteiger partial charge < -0.3 is 10.4 Å². The lowest BCUT2D eigenvalue weighted by Gasteiger charge is -2.13. The van der Waals surface area contributed by atoms with Crippen molar-refractivity contribution in [3.63, 3.8) is 0 Å². The Morgan fingerprint density at radius 2 is 2.11 bits per heavy atom. The molecule has 1 aliphatic rings. The molecule has 1 unspecified atom stereocenters. The lowest BCUT2D eigenvalue weighted by molar-refractivity contribution is 0.175. The normalized spacial score (nSPS) is 16.5. The van der Waals surface area contributed by atoms with E-state index in [0.717, 1.165) is 18.0 Å². The largest absolute Gasteiger partial charge is 0.387 e. The van der Waals surface area contributed by atoms with Crippen molar-refractivity contribution in [3.05, 3.63) is 57.8 Å². The maximum Gasteiger partial charge on any atom is 0.0922 e. The zero-order valence-corrected chi connectivity index (χ0v) is 11.7. The first-order valence-electron chi connectivity index (χ1n) is 6.83. The molecule has 1 atom stereocenters. The van der Waals surface area contributed by atoms with Gasteiger partial charge in [0.15, 0.2) is 0 Å². The number of hydrogen-bond donors (Lipinski definition) is 2. The zero-order valence-electron chi connectivity index (χ0n) is 10.9. The number of nitrogens with one attached hydrogen (secondary N) is 1. The van der Waals surface area contributed by atoms with Gasteiger partial charge in [-0.2, -0.15) is 11.3 Å². The van der Waals surface area contributed by atoms with Gasteiger partial charge in [0.25, 0.3) is 0 Å². The van der Waals surface area contributed by atoms with E-state index < -0.39 is 6.10 Å². The summed E-state index contributed by atoms with van der Waals surface area (Å²) < 4.78 is 0. The molecule has 2 aromatic rings. The number of aliphatic hydroxyl groups excluding tert-OH is 1. The third-order valence-corrected chi connectivity index (χ3v) is 4.35. The molecular weight excluding hydrogens is 254 g/mol. The van der Waals surface area contributed by atoms with Crippen molar-refractivity contribution in [2.75, 3.05) is 6.54 Å². The summed E-state index contributed by atoms with van der Waals surface area (Å²) in [6.45, 7) is 1.45. The SMILES string of the molecule is OC(CNCc1ccccc1C1CC1)c1ccsc1. The zero-order chi connectivity index (χ0) is 13.1. The third-order valence-electron chi connectivity index (χ3n) is 3.65. The summed E-state index contributed by atoms with van der Waals surface area (Å²) in [4.78, 5) is 0. The summed E-state index contributed by atoms with van der Waals surface area (Å²) in [5.74, 6) is 0.778. The molecular formula is C16H19NOS. The minimum Gasteiger partial charge on any atom is -0.387 e. The minimum atomic E-state index is -0.403. The van der Waals surface area contributed by atoms with Crippen LogP contribution in [-0.2, 0) is 6.54 Å².